The van der Waals surface area contributed by atoms with Crippen LogP contribution in [-0.4, -0.2) is 42.3 Å². The predicted octanol–water partition coefficient (Wildman–Crippen LogP) is 3.29. The number of urea groups is 1. The molecule has 0 saturated carbocycles. The number of benzene rings is 1. The summed E-state index contributed by atoms with van der Waals surface area (Å²) in [4.78, 5) is 19.0. The molecule has 144 valence electrons. The van der Waals surface area contributed by atoms with Crippen molar-refractivity contribution in [2.24, 2.45) is 0 Å². The van der Waals surface area contributed by atoms with Gasteiger partial charge in [0.2, 0.25) is 0 Å². The lowest BCUT2D eigenvalue weighted by Crippen LogP contribution is -2.43. The van der Waals surface area contributed by atoms with E-state index >= 15 is 0 Å². The van der Waals surface area contributed by atoms with Crippen molar-refractivity contribution in [3.05, 3.63) is 59.4 Å². The third-order valence-corrected chi connectivity index (χ3v) is 4.79. The van der Waals surface area contributed by atoms with Crippen LogP contribution in [-0.2, 0) is 17.8 Å². The average Bonchev–Trinajstić information content (AvgIpc) is 3.20. The van der Waals surface area contributed by atoms with Gasteiger partial charge in [-0.2, -0.15) is 0 Å². The Kier molecular flexibility index (Phi) is 6.65. The molecule has 1 saturated heterocycles. The van der Waals surface area contributed by atoms with Gasteiger partial charge in [0.1, 0.15) is 5.75 Å². The number of hydrogen-bond donors (Lipinski definition) is 1. The minimum atomic E-state index is -0.105. The maximum absolute atomic E-state index is 12.8. The molecular formula is C21H27N3O3. The van der Waals surface area contributed by atoms with E-state index in [2.05, 4.69) is 10.3 Å². The molecule has 0 radical (unpaired) electrons. The Morgan fingerprint density at radius 2 is 2.15 bits per heavy atom. The zero-order valence-electron chi connectivity index (χ0n) is 16.0. The van der Waals surface area contributed by atoms with Crippen LogP contribution >= 0.6 is 0 Å². The number of nitrogens with one attached hydrogen (secondary N) is 1. The first-order chi connectivity index (χ1) is 13.2. The van der Waals surface area contributed by atoms with E-state index < -0.39 is 0 Å². The van der Waals surface area contributed by atoms with Gasteiger partial charge in [0, 0.05) is 25.9 Å². The number of ether oxygens (including phenoxy) is 2. The lowest BCUT2D eigenvalue weighted by atomic mass is 10.2. The standard InChI is InChI=1S/C21H27N3O3/c1-16-5-3-11-22-20(16)13-23-21(25)24(15-19-6-4-12-27-19)14-17-7-9-18(26-2)10-8-17/h3,5,7-11,19H,4,6,12-15H2,1-2H3,(H,23,25)/t19-/m0/s1. The van der Waals surface area contributed by atoms with E-state index in [4.69, 9.17) is 9.47 Å². The van der Waals surface area contributed by atoms with Crippen molar-refractivity contribution >= 4 is 6.03 Å². The van der Waals surface area contributed by atoms with Crippen LogP contribution in [0.1, 0.15) is 29.7 Å². The van der Waals surface area contributed by atoms with E-state index in [0.29, 0.717) is 19.6 Å². The zero-order valence-corrected chi connectivity index (χ0v) is 16.0. The summed E-state index contributed by atoms with van der Waals surface area (Å²) in [5.74, 6) is 0.805. The lowest BCUT2D eigenvalue weighted by Gasteiger charge is -2.26. The van der Waals surface area contributed by atoms with Crippen LogP contribution in [0, 0.1) is 6.92 Å². The van der Waals surface area contributed by atoms with E-state index in [0.717, 1.165) is 42.0 Å². The minimum absolute atomic E-state index is 0.102. The molecule has 1 aromatic heterocycles. The summed E-state index contributed by atoms with van der Waals surface area (Å²) in [7, 11) is 1.64. The van der Waals surface area contributed by atoms with Gasteiger partial charge in [-0.3, -0.25) is 4.98 Å². The van der Waals surface area contributed by atoms with Crippen molar-refractivity contribution in [1.29, 1.82) is 0 Å². The third kappa shape index (κ3) is 5.44. The van der Waals surface area contributed by atoms with Gasteiger partial charge in [0.25, 0.3) is 0 Å². The molecule has 1 atom stereocenters. The van der Waals surface area contributed by atoms with E-state index in [9.17, 15) is 4.79 Å². The maximum Gasteiger partial charge on any atom is 0.318 e. The molecule has 0 aliphatic carbocycles. The van der Waals surface area contributed by atoms with Gasteiger partial charge in [-0.25, -0.2) is 4.79 Å². The second-order valence-corrected chi connectivity index (χ2v) is 6.79. The fourth-order valence-corrected chi connectivity index (χ4v) is 3.18. The molecule has 1 aromatic carbocycles. The van der Waals surface area contributed by atoms with Gasteiger partial charge < -0.3 is 19.7 Å². The molecule has 2 aromatic rings. The first-order valence-electron chi connectivity index (χ1n) is 9.33. The molecule has 1 aliphatic heterocycles. The molecule has 1 fully saturated rings. The summed E-state index contributed by atoms with van der Waals surface area (Å²) in [5, 5.41) is 3.00. The van der Waals surface area contributed by atoms with Crippen LogP contribution in [0.5, 0.6) is 5.75 Å². The number of rotatable bonds is 7. The summed E-state index contributed by atoms with van der Waals surface area (Å²) in [6.45, 7) is 4.29. The fraction of sp³-hybridized carbons (Fsp3) is 0.429. The highest BCUT2D eigenvalue weighted by Crippen LogP contribution is 2.17. The lowest BCUT2D eigenvalue weighted by molar-refractivity contribution is 0.0794. The summed E-state index contributed by atoms with van der Waals surface area (Å²) in [6.07, 6.45) is 3.89. The Balaban J connectivity index is 1.65. The van der Waals surface area contributed by atoms with Crippen LogP contribution in [0.15, 0.2) is 42.6 Å². The van der Waals surface area contributed by atoms with E-state index in [1.807, 2.05) is 48.2 Å². The van der Waals surface area contributed by atoms with Crippen LogP contribution in [0.25, 0.3) is 0 Å². The molecule has 3 rings (SSSR count). The molecule has 0 spiro atoms. The molecule has 2 heterocycles. The van der Waals surface area contributed by atoms with Crippen LogP contribution in [0.2, 0.25) is 0 Å². The molecule has 6 heteroatoms. The molecule has 0 bridgehead atoms. The van der Waals surface area contributed by atoms with E-state index in [1.165, 1.54) is 0 Å². The quantitative estimate of drug-likeness (QED) is 0.813. The average molecular weight is 369 g/mol. The van der Waals surface area contributed by atoms with Gasteiger partial charge in [0.05, 0.1) is 25.5 Å². The van der Waals surface area contributed by atoms with Crippen molar-refractivity contribution in [2.45, 2.75) is 39.0 Å². The SMILES string of the molecule is COc1ccc(CN(C[C@@H]2CCCO2)C(=O)NCc2ncccc2C)cc1. The predicted molar refractivity (Wildman–Crippen MR) is 104 cm³/mol. The molecular weight excluding hydrogens is 342 g/mol. The molecule has 2 amide bonds. The Bertz CT molecular complexity index is 743. The highest BCUT2D eigenvalue weighted by molar-refractivity contribution is 5.74. The molecule has 1 aliphatic rings. The van der Waals surface area contributed by atoms with Gasteiger partial charge in [-0.15, -0.1) is 0 Å². The van der Waals surface area contributed by atoms with Gasteiger partial charge >= 0.3 is 6.03 Å². The topological polar surface area (TPSA) is 63.7 Å². The number of carbonyl (C=O) groups excluding carboxylic acids is 1. The molecule has 0 unspecified atom stereocenters. The van der Waals surface area contributed by atoms with Crippen molar-refractivity contribution in [1.82, 2.24) is 15.2 Å². The first kappa shape index (κ1) is 19.2. The van der Waals surface area contributed by atoms with Gasteiger partial charge in [-0.1, -0.05) is 18.2 Å². The van der Waals surface area contributed by atoms with Crippen LogP contribution in [0.4, 0.5) is 4.79 Å². The summed E-state index contributed by atoms with van der Waals surface area (Å²) in [5.41, 5.74) is 3.00. The Morgan fingerprint density at radius 3 is 2.81 bits per heavy atom. The molecule has 6 nitrogen and oxygen atoms in total. The number of amides is 2. The van der Waals surface area contributed by atoms with Crippen molar-refractivity contribution < 1.29 is 14.3 Å². The summed E-state index contributed by atoms with van der Waals surface area (Å²) >= 11 is 0. The number of methoxy groups -OCH3 is 1. The molecule has 1 N–H and O–H groups in total. The van der Waals surface area contributed by atoms with E-state index in [-0.39, 0.29) is 12.1 Å². The highest BCUT2D eigenvalue weighted by Gasteiger charge is 2.23. The number of nitrogens with zero attached hydrogens (tertiary/aromatic N) is 2. The van der Waals surface area contributed by atoms with Crippen molar-refractivity contribution in [3.8, 4) is 5.75 Å². The summed E-state index contributed by atoms with van der Waals surface area (Å²) in [6, 6.07) is 11.6. The highest BCUT2D eigenvalue weighted by atomic mass is 16.5. The van der Waals surface area contributed by atoms with Gasteiger partial charge in [0.15, 0.2) is 0 Å². The number of aromatic nitrogens is 1. The zero-order chi connectivity index (χ0) is 19.1. The largest absolute Gasteiger partial charge is 0.497 e. The minimum Gasteiger partial charge on any atom is -0.497 e. The smallest absolute Gasteiger partial charge is 0.318 e. The number of hydrogen-bond acceptors (Lipinski definition) is 4. The van der Waals surface area contributed by atoms with Crippen LogP contribution < -0.4 is 10.1 Å². The number of aryl methyl sites for hydroxylation is 1. The second kappa shape index (κ2) is 9.37. The van der Waals surface area contributed by atoms with Crippen molar-refractivity contribution in [3.63, 3.8) is 0 Å². The Morgan fingerprint density at radius 1 is 1.33 bits per heavy atom. The van der Waals surface area contributed by atoms with E-state index in [1.54, 1.807) is 13.3 Å². The van der Waals surface area contributed by atoms with Crippen molar-refractivity contribution in [2.75, 3.05) is 20.3 Å². The number of carbonyl (C=O) groups is 1. The number of pyridine rings is 1. The van der Waals surface area contributed by atoms with Crippen LogP contribution in [0.3, 0.4) is 0 Å². The normalized spacial score (nSPS) is 16.1. The monoisotopic (exact) mass is 369 g/mol. The Hall–Kier alpha value is -2.60. The Labute approximate surface area is 160 Å². The first-order valence-corrected chi connectivity index (χ1v) is 9.33. The second-order valence-electron chi connectivity index (χ2n) is 6.79. The third-order valence-electron chi connectivity index (χ3n) is 4.79. The maximum atomic E-state index is 12.8. The molecule has 27 heavy (non-hydrogen) atoms. The van der Waals surface area contributed by atoms with Gasteiger partial charge in [-0.05, 0) is 49.1 Å². The summed E-state index contributed by atoms with van der Waals surface area (Å²) < 4.78 is 10.9. The fourth-order valence-electron chi connectivity index (χ4n) is 3.18.